The van der Waals surface area contributed by atoms with Gasteiger partial charge in [-0.15, -0.1) is 24.0 Å². The molecule has 1 fully saturated rings. The fourth-order valence-corrected chi connectivity index (χ4v) is 2.74. The van der Waals surface area contributed by atoms with E-state index in [1.54, 1.807) is 0 Å². The number of carbonyl (C=O) groups is 1. The van der Waals surface area contributed by atoms with Crippen LogP contribution >= 0.6 is 24.0 Å². The maximum absolute atomic E-state index is 11.6. The van der Waals surface area contributed by atoms with Gasteiger partial charge >= 0.3 is 0 Å². The minimum absolute atomic E-state index is 0. The van der Waals surface area contributed by atoms with E-state index in [1.165, 1.54) is 5.56 Å². The van der Waals surface area contributed by atoms with Crippen molar-refractivity contribution in [2.45, 2.75) is 39.2 Å². The molecule has 1 aliphatic heterocycles. The minimum atomic E-state index is 0. The van der Waals surface area contributed by atoms with Crippen molar-refractivity contribution < 1.29 is 4.79 Å². The first-order valence-corrected chi connectivity index (χ1v) is 8.58. The van der Waals surface area contributed by atoms with Crippen molar-refractivity contribution in [1.29, 1.82) is 0 Å². The number of halogens is 1. The number of hydrogen-bond donors (Lipinski definition) is 2. The number of nitrogens with one attached hydrogen (secondary N) is 2. The van der Waals surface area contributed by atoms with Crippen molar-refractivity contribution in [3.05, 3.63) is 35.9 Å². The van der Waals surface area contributed by atoms with Crippen molar-refractivity contribution >= 4 is 35.8 Å². The molecule has 1 amide bonds. The average Bonchev–Trinajstić information content (AvgIpc) is 2.97. The number of amides is 1. The standard InChI is InChI=1S/C18H28N4O.HI/c1-3-19-18(21-15(2)16-9-5-4-6-10-16)20-12-8-14-22-13-7-11-17(22)23;/h4-6,9-10,15H,3,7-8,11-14H2,1-2H3,(H2,19,20,21);1H. The van der Waals surface area contributed by atoms with Gasteiger partial charge in [0.15, 0.2) is 5.96 Å². The molecule has 0 saturated carbocycles. The number of benzene rings is 1. The summed E-state index contributed by atoms with van der Waals surface area (Å²) in [5.41, 5.74) is 1.24. The lowest BCUT2D eigenvalue weighted by molar-refractivity contribution is -0.127. The highest BCUT2D eigenvalue weighted by atomic mass is 127. The number of nitrogens with zero attached hydrogens (tertiary/aromatic N) is 2. The van der Waals surface area contributed by atoms with Crippen LogP contribution in [0.3, 0.4) is 0 Å². The monoisotopic (exact) mass is 444 g/mol. The normalized spacial score (nSPS) is 15.8. The number of guanidine groups is 1. The molecular weight excluding hydrogens is 415 g/mol. The summed E-state index contributed by atoms with van der Waals surface area (Å²) in [5, 5.41) is 6.71. The average molecular weight is 444 g/mol. The minimum Gasteiger partial charge on any atom is -0.357 e. The van der Waals surface area contributed by atoms with Crippen molar-refractivity contribution in [1.82, 2.24) is 15.5 Å². The fraction of sp³-hybridized carbons (Fsp3) is 0.556. The van der Waals surface area contributed by atoms with E-state index in [0.29, 0.717) is 6.42 Å². The van der Waals surface area contributed by atoms with Gasteiger partial charge in [-0.1, -0.05) is 30.3 Å². The molecule has 0 spiro atoms. The third-order valence-electron chi connectivity index (χ3n) is 4.02. The first-order chi connectivity index (χ1) is 11.2. The van der Waals surface area contributed by atoms with E-state index < -0.39 is 0 Å². The Bertz CT molecular complexity index is 521. The van der Waals surface area contributed by atoms with Gasteiger partial charge < -0.3 is 15.5 Å². The van der Waals surface area contributed by atoms with E-state index in [9.17, 15) is 4.79 Å². The van der Waals surface area contributed by atoms with Crippen LogP contribution in [0, 0.1) is 0 Å². The number of hydrogen-bond acceptors (Lipinski definition) is 2. The molecule has 2 N–H and O–H groups in total. The Morgan fingerprint density at radius 2 is 2.08 bits per heavy atom. The molecule has 0 aliphatic carbocycles. The van der Waals surface area contributed by atoms with Crippen LogP contribution in [0.25, 0.3) is 0 Å². The molecule has 1 aromatic carbocycles. The zero-order chi connectivity index (χ0) is 16.5. The molecule has 1 aliphatic rings. The van der Waals surface area contributed by atoms with Gasteiger partial charge in [-0.25, -0.2) is 0 Å². The molecule has 0 bridgehead atoms. The van der Waals surface area contributed by atoms with E-state index in [0.717, 1.165) is 45.0 Å². The molecule has 2 rings (SSSR count). The van der Waals surface area contributed by atoms with Gasteiger partial charge in [0.1, 0.15) is 0 Å². The molecule has 1 unspecified atom stereocenters. The second kappa shape index (κ2) is 11.3. The molecule has 6 heteroatoms. The van der Waals surface area contributed by atoms with E-state index in [4.69, 9.17) is 0 Å². The largest absolute Gasteiger partial charge is 0.357 e. The lowest BCUT2D eigenvalue weighted by Crippen LogP contribution is -2.39. The first-order valence-electron chi connectivity index (χ1n) is 8.58. The third-order valence-corrected chi connectivity index (χ3v) is 4.02. The highest BCUT2D eigenvalue weighted by Crippen LogP contribution is 2.11. The predicted molar refractivity (Wildman–Crippen MR) is 110 cm³/mol. The quantitative estimate of drug-likeness (QED) is 0.294. The number of likely N-dealkylation sites (tertiary alicyclic amines) is 1. The van der Waals surface area contributed by atoms with Crippen LogP contribution in [0.5, 0.6) is 0 Å². The Kier molecular flexibility index (Phi) is 9.75. The lowest BCUT2D eigenvalue weighted by Gasteiger charge is -2.18. The Morgan fingerprint density at radius 1 is 1.33 bits per heavy atom. The Labute approximate surface area is 162 Å². The van der Waals surface area contributed by atoms with Crippen LogP contribution < -0.4 is 10.6 Å². The van der Waals surface area contributed by atoms with Crippen LogP contribution in [0.2, 0.25) is 0 Å². The maximum atomic E-state index is 11.6. The summed E-state index contributed by atoms with van der Waals surface area (Å²) in [4.78, 5) is 18.1. The number of aliphatic imine (C=N–C) groups is 1. The van der Waals surface area contributed by atoms with Gasteiger partial charge in [-0.05, 0) is 32.3 Å². The summed E-state index contributed by atoms with van der Waals surface area (Å²) in [5.74, 6) is 1.12. The van der Waals surface area contributed by atoms with Crippen molar-refractivity contribution in [3.63, 3.8) is 0 Å². The zero-order valence-electron chi connectivity index (χ0n) is 14.6. The van der Waals surface area contributed by atoms with Gasteiger partial charge in [-0.3, -0.25) is 9.79 Å². The Hall–Kier alpha value is -1.31. The summed E-state index contributed by atoms with van der Waals surface area (Å²) in [6, 6.07) is 10.5. The van der Waals surface area contributed by atoms with Crippen molar-refractivity contribution in [2.24, 2.45) is 4.99 Å². The van der Waals surface area contributed by atoms with E-state index >= 15 is 0 Å². The zero-order valence-corrected chi connectivity index (χ0v) is 17.0. The smallest absolute Gasteiger partial charge is 0.222 e. The Balaban J connectivity index is 0.00000288. The predicted octanol–water partition coefficient (Wildman–Crippen LogP) is 2.93. The fourth-order valence-electron chi connectivity index (χ4n) is 2.74. The van der Waals surface area contributed by atoms with Crippen LogP contribution in [0.1, 0.15) is 44.7 Å². The maximum Gasteiger partial charge on any atom is 0.222 e. The number of rotatable bonds is 7. The Morgan fingerprint density at radius 3 is 2.71 bits per heavy atom. The second-order valence-corrected chi connectivity index (χ2v) is 5.88. The molecule has 0 radical (unpaired) electrons. The van der Waals surface area contributed by atoms with Gasteiger partial charge in [-0.2, -0.15) is 0 Å². The number of carbonyl (C=O) groups excluding carboxylic acids is 1. The van der Waals surface area contributed by atoms with Crippen LogP contribution in [0.4, 0.5) is 0 Å². The summed E-state index contributed by atoms with van der Waals surface area (Å²) in [6.07, 6.45) is 2.62. The molecular formula is C18H29IN4O. The van der Waals surface area contributed by atoms with Crippen LogP contribution in [-0.2, 0) is 4.79 Å². The van der Waals surface area contributed by atoms with E-state index in [1.807, 2.05) is 23.1 Å². The topological polar surface area (TPSA) is 56.7 Å². The van der Waals surface area contributed by atoms with Crippen molar-refractivity contribution in [2.75, 3.05) is 26.2 Å². The molecule has 1 saturated heterocycles. The molecule has 1 atom stereocenters. The van der Waals surface area contributed by atoms with E-state index in [-0.39, 0.29) is 35.9 Å². The summed E-state index contributed by atoms with van der Waals surface area (Å²) < 4.78 is 0. The molecule has 1 heterocycles. The molecule has 134 valence electrons. The summed E-state index contributed by atoms with van der Waals surface area (Å²) in [7, 11) is 0. The van der Waals surface area contributed by atoms with Crippen LogP contribution in [0.15, 0.2) is 35.3 Å². The van der Waals surface area contributed by atoms with Gasteiger partial charge in [0.25, 0.3) is 0 Å². The molecule has 24 heavy (non-hydrogen) atoms. The highest BCUT2D eigenvalue weighted by Gasteiger charge is 2.18. The third kappa shape index (κ3) is 6.67. The molecule has 5 nitrogen and oxygen atoms in total. The van der Waals surface area contributed by atoms with E-state index in [2.05, 4.69) is 41.6 Å². The summed E-state index contributed by atoms with van der Waals surface area (Å²) >= 11 is 0. The SMILES string of the molecule is CCNC(=NCCCN1CCCC1=O)NC(C)c1ccccc1.I. The lowest BCUT2D eigenvalue weighted by atomic mass is 10.1. The van der Waals surface area contributed by atoms with Gasteiger partial charge in [0.05, 0.1) is 6.04 Å². The first kappa shape index (κ1) is 20.7. The van der Waals surface area contributed by atoms with Gasteiger partial charge in [0.2, 0.25) is 5.91 Å². The second-order valence-electron chi connectivity index (χ2n) is 5.88. The van der Waals surface area contributed by atoms with Crippen LogP contribution in [-0.4, -0.2) is 42.9 Å². The van der Waals surface area contributed by atoms with Gasteiger partial charge in [0, 0.05) is 32.6 Å². The van der Waals surface area contributed by atoms with Crippen molar-refractivity contribution in [3.8, 4) is 0 Å². The highest BCUT2D eigenvalue weighted by molar-refractivity contribution is 14.0. The molecule has 0 aromatic heterocycles. The summed E-state index contributed by atoms with van der Waals surface area (Å²) in [6.45, 7) is 7.47. The molecule has 1 aromatic rings.